The average molecular weight is 391 g/mol. The zero-order chi connectivity index (χ0) is 14.0. The van der Waals surface area contributed by atoms with Gasteiger partial charge in [0.1, 0.15) is 5.82 Å². The van der Waals surface area contributed by atoms with Crippen molar-refractivity contribution in [2.24, 2.45) is 0 Å². The van der Waals surface area contributed by atoms with Crippen molar-refractivity contribution in [3.8, 4) is 0 Å². The molecular weight excluding hydrogens is 381 g/mol. The van der Waals surface area contributed by atoms with E-state index in [1.54, 1.807) is 13.0 Å². The van der Waals surface area contributed by atoms with Crippen LogP contribution in [0.5, 0.6) is 0 Å². The summed E-state index contributed by atoms with van der Waals surface area (Å²) in [5.74, 6) is -0.670. The number of carbonyl (C=O) groups is 1. The van der Waals surface area contributed by atoms with Crippen LogP contribution in [0, 0.1) is 12.7 Å². The molecule has 0 aliphatic heterocycles. The molecule has 2 aromatic rings. The number of H-pyrrole nitrogens is 1. The van der Waals surface area contributed by atoms with Crippen LogP contribution in [0.15, 0.2) is 27.1 Å². The molecular formula is C12H10Br2FN3O. The summed E-state index contributed by atoms with van der Waals surface area (Å²) in [5.41, 5.74) is 1.72. The first-order valence-electron chi connectivity index (χ1n) is 5.41. The van der Waals surface area contributed by atoms with E-state index in [0.717, 1.165) is 10.2 Å². The number of hydrogen-bond acceptors (Lipinski definition) is 2. The van der Waals surface area contributed by atoms with Crippen molar-refractivity contribution in [2.75, 3.05) is 0 Å². The smallest absolute Gasteiger partial charge is 0.273 e. The minimum absolute atomic E-state index is 0.218. The Morgan fingerprint density at radius 2 is 2.21 bits per heavy atom. The Morgan fingerprint density at radius 1 is 1.47 bits per heavy atom. The molecule has 0 bridgehead atoms. The van der Waals surface area contributed by atoms with Gasteiger partial charge in [-0.1, -0.05) is 15.9 Å². The molecule has 0 saturated carbocycles. The quantitative estimate of drug-likeness (QED) is 0.844. The summed E-state index contributed by atoms with van der Waals surface area (Å²) in [6, 6.07) is 4.32. The van der Waals surface area contributed by atoms with Crippen LogP contribution in [0.4, 0.5) is 4.39 Å². The summed E-state index contributed by atoms with van der Waals surface area (Å²) < 4.78 is 14.5. The van der Waals surface area contributed by atoms with Crippen molar-refractivity contribution in [1.82, 2.24) is 15.5 Å². The highest BCUT2D eigenvalue weighted by atomic mass is 79.9. The van der Waals surface area contributed by atoms with E-state index in [9.17, 15) is 9.18 Å². The molecule has 0 spiro atoms. The van der Waals surface area contributed by atoms with Crippen LogP contribution in [0.3, 0.4) is 0 Å². The number of aryl methyl sites for hydroxylation is 1. The van der Waals surface area contributed by atoms with Crippen molar-refractivity contribution >= 4 is 37.8 Å². The van der Waals surface area contributed by atoms with Crippen LogP contribution in [0.25, 0.3) is 0 Å². The van der Waals surface area contributed by atoms with Gasteiger partial charge in [0.2, 0.25) is 0 Å². The number of amides is 1. The fourth-order valence-electron chi connectivity index (χ4n) is 1.50. The molecule has 1 aromatic heterocycles. The first-order chi connectivity index (χ1) is 8.99. The topological polar surface area (TPSA) is 57.8 Å². The molecule has 1 amide bonds. The highest BCUT2D eigenvalue weighted by molar-refractivity contribution is 9.10. The van der Waals surface area contributed by atoms with Gasteiger partial charge < -0.3 is 5.32 Å². The van der Waals surface area contributed by atoms with E-state index in [1.807, 2.05) is 0 Å². The summed E-state index contributed by atoms with van der Waals surface area (Å²) in [6.45, 7) is 2.02. The van der Waals surface area contributed by atoms with Gasteiger partial charge in [-0.05, 0) is 46.6 Å². The van der Waals surface area contributed by atoms with Crippen LogP contribution < -0.4 is 5.32 Å². The number of rotatable bonds is 3. The van der Waals surface area contributed by atoms with E-state index in [-0.39, 0.29) is 24.0 Å². The highest BCUT2D eigenvalue weighted by Crippen LogP contribution is 2.19. The molecule has 4 nitrogen and oxygen atoms in total. The molecule has 0 aliphatic rings. The second kappa shape index (κ2) is 5.83. The Labute approximate surface area is 126 Å². The third-order valence-corrected chi connectivity index (χ3v) is 4.28. The largest absolute Gasteiger partial charge is 0.346 e. The molecule has 0 unspecified atom stereocenters. The lowest BCUT2D eigenvalue weighted by Crippen LogP contribution is -2.23. The minimum atomic E-state index is -0.343. The Hall–Kier alpha value is -1.21. The normalized spacial score (nSPS) is 10.5. The maximum atomic E-state index is 13.1. The maximum Gasteiger partial charge on any atom is 0.273 e. The van der Waals surface area contributed by atoms with E-state index >= 15 is 0 Å². The minimum Gasteiger partial charge on any atom is -0.346 e. The molecule has 2 rings (SSSR count). The number of benzene rings is 1. The molecule has 0 aliphatic carbocycles. The van der Waals surface area contributed by atoms with Crippen LogP contribution >= 0.6 is 31.9 Å². The van der Waals surface area contributed by atoms with E-state index in [4.69, 9.17) is 0 Å². The summed E-state index contributed by atoms with van der Waals surface area (Å²) >= 11 is 6.59. The lowest BCUT2D eigenvalue weighted by atomic mass is 10.2. The number of nitrogens with one attached hydrogen (secondary N) is 2. The molecule has 100 valence electrons. The van der Waals surface area contributed by atoms with Gasteiger partial charge in [-0.15, -0.1) is 0 Å². The zero-order valence-electron chi connectivity index (χ0n) is 9.93. The first-order valence-corrected chi connectivity index (χ1v) is 7.00. The highest BCUT2D eigenvalue weighted by Gasteiger charge is 2.15. The number of hydrogen-bond donors (Lipinski definition) is 2. The van der Waals surface area contributed by atoms with Gasteiger partial charge in [-0.25, -0.2) is 4.39 Å². The average Bonchev–Trinajstić information content (AvgIpc) is 2.71. The molecule has 1 heterocycles. The first kappa shape index (κ1) is 14.2. The standard InChI is InChI=1S/C12H10Br2FN3O/c1-6-10(14)11(18-17-6)12(19)16-5-7-4-8(15)2-3-9(7)13/h2-4H,5H2,1H3,(H,16,19)(H,17,18). The van der Waals surface area contributed by atoms with Crippen molar-refractivity contribution in [2.45, 2.75) is 13.5 Å². The number of carbonyl (C=O) groups excluding carboxylic acids is 1. The number of halogens is 3. The fraction of sp³-hybridized carbons (Fsp3) is 0.167. The van der Waals surface area contributed by atoms with Crippen molar-refractivity contribution < 1.29 is 9.18 Å². The third kappa shape index (κ3) is 3.22. The fourth-order valence-corrected chi connectivity index (χ4v) is 2.25. The molecule has 0 radical (unpaired) electrons. The van der Waals surface area contributed by atoms with Gasteiger partial charge in [0.15, 0.2) is 5.69 Å². The Morgan fingerprint density at radius 3 is 2.84 bits per heavy atom. The summed E-state index contributed by atoms with van der Waals surface area (Å²) in [4.78, 5) is 11.9. The molecule has 19 heavy (non-hydrogen) atoms. The molecule has 0 atom stereocenters. The van der Waals surface area contributed by atoms with Crippen LogP contribution in [-0.4, -0.2) is 16.1 Å². The van der Waals surface area contributed by atoms with E-state index in [2.05, 4.69) is 47.4 Å². The number of aromatic amines is 1. The molecule has 7 heteroatoms. The van der Waals surface area contributed by atoms with Crippen molar-refractivity contribution in [1.29, 1.82) is 0 Å². The molecule has 0 fully saturated rings. The SMILES string of the molecule is Cc1[nH]nc(C(=O)NCc2cc(F)ccc2Br)c1Br. The summed E-state index contributed by atoms with van der Waals surface area (Å²) in [6.07, 6.45) is 0. The Bertz CT molecular complexity index is 627. The van der Waals surface area contributed by atoms with E-state index < -0.39 is 0 Å². The lowest BCUT2D eigenvalue weighted by Gasteiger charge is -2.06. The Balaban J connectivity index is 2.08. The van der Waals surface area contributed by atoms with Gasteiger partial charge in [-0.2, -0.15) is 5.10 Å². The summed E-state index contributed by atoms with van der Waals surface area (Å²) in [7, 11) is 0. The zero-order valence-corrected chi connectivity index (χ0v) is 13.1. The molecule has 2 N–H and O–H groups in total. The van der Waals surface area contributed by atoms with Crippen molar-refractivity contribution in [3.05, 3.63) is 49.9 Å². The van der Waals surface area contributed by atoms with Gasteiger partial charge in [-0.3, -0.25) is 9.89 Å². The van der Waals surface area contributed by atoms with Crippen LogP contribution in [0.2, 0.25) is 0 Å². The van der Waals surface area contributed by atoms with Crippen LogP contribution in [0.1, 0.15) is 21.7 Å². The van der Waals surface area contributed by atoms with E-state index in [1.165, 1.54) is 12.1 Å². The number of nitrogens with zero attached hydrogens (tertiary/aromatic N) is 1. The van der Waals surface area contributed by atoms with Gasteiger partial charge in [0.25, 0.3) is 5.91 Å². The monoisotopic (exact) mass is 389 g/mol. The van der Waals surface area contributed by atoms with Crippen LogP contribution in [-0.2, 0) is 6.54 Å². The maximum absolute atomic E-state index is 13.1. The number of aromatic nitrogens is 2. The van der Waals surface area contributed by atoms with Gasteiger partial charge >= 0.3 is 0 Å². The molecule has 0 saturated heterocycles. The second-order valence-corrected chi connectivity index (χ2v) is 5.58. The Kier molecular flexibility index (Phi) is 4.36. The predicted octanol–water partition coefficient (Wildman–Crippen LogP) is 3.31. The summed E-state index contributed by atoms with van der Waals surface area (Å²) in [5, 5.41) is 9.30. The van der Waals surface area contributed by atoms with Gasteiger partial charge in [0, 0.05) is 16.7 Å². The van der Waals surface area contributed by atoms with Crippen molar-refractivity contribution in [3.63, 3.8) is 0 Å². The lowest BCUT2D eigenvalue weighted by molar-refractivity contribution is 0.0945. The second-order valence-electron chi connectivity index (χ2n) is 3.93. The molecule has 1 aromatic carbocycles. The van der Waals surface area contributed by atoms with Gasteiger partial charge in [0.05, 0.1) is 4.47 Å². The third-order valence-electron chi connectivity index (χ3n) is 2.53. The van der Waals surface area contributed by atoms with E-state index in [0.29, 0.717) is 10.0 Å². The predicted molar refractivity (Wildman–Crippen MR) is 76.3 cm³/mol.